The van der Waals surface area contributed by atoms with Gasteiger partial charge in [-0.25, -0.2) is 4.98 Å². The summed E-state index contributed by atoms with van der Waals surface area (Å²) >= 11 is 0. The molecule has 110 valence electrons. The highest BCUT2D eigenvalue weighted by Gasteiger charge is 2.12. The molecule has 0 radical (unpaired) electrons. The Hall–Kier alpha value is -3.15. The summed E-state index contributed by atoms with van der Waals surface area (Å²) in [6.07, 6.45) is 2.95. The van der Waals surface area contributed by atoms with Crippen LogP contribution in [-0.2, 0) is 6.42 Å². The Balaban J connectivity index is 1.73. The van der Waals surface area contributed by atoms with E-state index in [1.54, 1.807) is 12.1 Å². The molecular formula is C16H13N3O3. The molecule has 0 saturated carbocycles. The standard InChI is InChI=1S/C16H13N3O3/c20-13(9-14(21)16-17-10-18-19-16)15-7-6-12(22-15)8-11-4-2-1-3-5-11/h1-7,9-10,21H,8H2,(H,17,18,19). The van der Waals surface area contributed by atoms with Gasteiger partial charge in [-0.3, -0.25) is 9.89 Å². The first kappa shape index (κ1) is 13.8. The molecule has 2 aromatic heterocycles. The summed E-state index contributed by atoms with van der Waals surface area (Å²) in [6.45, 7) is 0. The summed E-state index contributed by atoms with van der Waals surface area (Å²) < 4.78 is 5.51. The molecule has 0 unspecified atom stereocenters. The van der Waals surface area contributed by atoms with E-state index < -0.39 is 5.78 Å². The van der Waals surface area contributed by atoms with Crippen LogP contribution >= 0.6 is 0 Å². The number of aromatic nitrogens is 3. The number of aliphatic hydroxyl groups excluding tert-OH is 1. The van der Waals surface area contributed by atoms with Crippen LogP contribution in [0.3, 0.4) is 0 Å². The molecule has 0 spiro atoms. The number of hydrogen-bond donors (Lipinski definition) is 2. The van der Waals surface area contributed by atoms with Crippen molar-refractivity contribution in [3.63, 3.8) is 0 Å². The molecule has 0 saturated heterocycles. The van der Waals surface area contributed by atoms with E-state index >= 15 is 0 Å². The summed E-state index contributed by atoms with van der Waals surface area (Å²) in [5, 5.41) is 15.9. The minimum Gasteiger partial charge on any atom is -0.504 e. The smallest absolute Gasteiger partial charge is 0.224 e. The molecule has 3 rings (SSSR count). The number of allylic oxidation sites excluding steroid dienone is 1. The number of hydrogen-bond acceptors (Lipinski definition) is 5. The van der Waals surface area contributed by atoms with Crippen molar-refractivity contribution in [3.05, 3.63) is 77.8 Å². The lowest BCUT2D eigenvalue weighted by Gasteiger charge is -1.97. The SMILES string of the molecule is O=C(C=C(O)c1nc[nH]n1)c1ccc(Cc2ccccc2)o1. The van der Waals surface area contributed by atoms with Crippen LogP contribution in [0.1, 0.15) is 27.7 Å². The van der Waals surface area contributed by atoms with Crippen LogP contribution in [0.25, 0.3) is 5.76 Å². The number of aromatic amines is 1. The third-order valence-corrected chi connectivity index (χ3v) is 3.04. The third kappa shape index (κ3) is 3.12. The molecule has 22 heavy (non-hydrogen) atoms. The first-order chi connectivity index (χ1) is 10.7. The lowest BCUT2D eigenvalue weighted by Crippen LogP contribution is -1.96. The number of nitrogens with one attached hydrogen (secondary N) is 1. The van der Waals surface area contributed by atoms with Crippen LogP contribution in [0.15, 0.2) is 59.3 Å². The van der Waals surface area contributed by atoms with E-state index in [-0.39, 0.29) is 17.3 Å². The van der Waals surface area contributed by atoms with E-state index in [0.29, 0.717) is 12.2 Å². The molecule has 6 nitrogen and oxygen atoms in total. The lowest BCUT2D eigenvalue weighted by molar-refractivity contribution is 0.101. The van der Waals surface area contributed by atoms with Gasteiger partial charge in [-0.1, -0.05) is 30.3 Å². The molecule has 3 aromatic rings. The third-order valence-electron chi connectivity index (χ3n) is 3.04. The van der Waals surface area contributed by atoms with Gasteiger partial charge >= 0.3 is 0 Å². The van der Waals surface area contributed by atoms with E-state index in [0.717, 1.165) is 11.6 Å². The molecule has 6 heteroatoms. The molecule has 2 heterocycles. The second kappa shape index (κ2) is 6.09. The second-order valence-electron chi connectivity index (χ2n) is 4.64. The van der Waals surface area contributed by atoms with Gasteiger partial charge in [0, 0.05) is 12.5 Å². The molecule has 0 aliphatic heterocycles. The monoisotopic (exact) mass is 295 g/mol. The van der Waals surface area contributed by atoms with Crippen molar-refractivity contribution in [2.45, 2.75) is 6.42 Å². The zero-order valence-corrected chi connectivity index (χ0v) is 11.6. The number of benzene rings is 1. The van der Waals surface area contributed by atoms with E-state index in [1.165, 1.54) is 6.33 Å². The fraction of sp³-hybridized carbons (Fsp3) is 0.0625. The van der Waals surface area contributed by atoms with Gasteiger partial charge in [0.25, 0.3) is 0 Å². The number of ketones is 1. The minimum absolute atomic E-state index is 0.0596. The van der Waals surface area contributed by atoms with Crippen molar-refractivity contribution >= 4 is 11.5 Å². The number of H-pyrrole nitrogens is 1. The van der Waals surface area contributed by atoms with Crippen LogP contribution in [0.4, 0.5) is 0 Å². The number of carbonyl (C=O) groups excluding carboxylic acids is 1. The average molecular weight is 295 g/mol. The number of furan rings is 1. The molecule has 0 fully saturated rings. The molecular weight excluding hydrogens is 282 g/mol. The van der Waals surface area contributed by atoms with Gasteiger partial charge in [-0.05, 0) is 17.7 Å². The number of carbonyl (C=O) groups is 1. The Labute approximate surface area is 126 Å². The summed E-state index contributed by atoms with van der Waals surface area (Å²) in [7, 11) is 0. The normalized spacial score (nSPS) is 11.5. The molecule has 0 amide bonds. The number of nitrogens with zero attached hydrogens (tertiary/aromatic N) is 2. The molecule has 2 N–H and O–H groups in total. The van der Waals surface area contributed by atoms with Crippen LogP contribution in [0, 0.1) is 0 Å². The van der Waals surface area contributed by atoms with Crippen molar-refractivity contribution < 1.29 is 14.3 Å². The predicted octanol–water partition coefficient (Wildman–Crippen LogP) is 2.77. The quantitative estimate of drug-likeness (QED) is 0.429. The van der Waals surface area contributed by atoms with E-state index in [9.17, 15) is 9.90 Å². The Morgan fingerprint density at radius 1 is 1.23 bits per heavy atom. The fourth-order valence-corrected chi connectivity index (χ4v) is 1.99. The molecule has 0 atom stereocenters. The largest absolute Gasteiger partial charge is 0.504 e. The van der Waals surface area contributed by atoms with Gasteiger partial charge in [0.2, 0.25) is 11.6 Å². The lowest BCUT2D eigenvalue weighted by atomic mass is 10.1. The van der Waals surface area contributed by atoms with E-state index in [4.69, 9.17) is 4.42 Å². The highest BCUT2D eigenvalue weighted by Crippen LogP contribution is 2.15. The van der Waals surface area contributed by atoms with Crippen LogP contribution in [0.5, 0.6) is 0 Å². The maximum atomic E-state index is 12.0. The first-order valence-electron chi connectivity index (χ1n) is 6.66. The molecule has 0 aliphatic rings. The average Bonchev–Trinajstić information content (AvgIpc) is 3.19. The minimum atomic E-state index is -0.443. The van der Waals surface area contributed by atoms with Crippen LogP contribution < -0.4 is 0 Å². The number of rotatable bonds is 5. The zero-order valence-electron chi connectivity index (χ0n) is 11.6. The van der Waals surface area contributed by atoms with Gasteiger partial charge in [-0.2, -0.15) is 5.10 Å². The molecule has 0 aliphatic carbocycles. The van der Waals surface area contributed by atoms with Crippen molar-refractivity contribution in [1.29, 1.82) is 0 Å². The summed E-state index contributed by atoms with van der Waals surface area (Å²) in [5.74, 6) is 0.145. The van der Waals surface area contributed by atoms with E-state index in [2.05, 4.69) is 15.2 Å². The van der Waals surface area contributed by atoms with E-state index in [1.807, 2.05) is 30.3 Å². The Morgan fingerprint density at radius 2 is 2.05 bits per heavy atom. The fourth-order valence-electron chi connectivity index (χ4n) is 1.99. The van der Waals surface area contributed by atoms with Gasteiger partial charge in [0.15, 0.2) is 11.5 Å². The summed E-state index contributed by atoms with van der Waals surface area (Å²) in [4.78, 5) is 15.8. The molecule has 0 bridgehead atoms. The second-order valence-corrected chi connectivity index (χ2v) is 4.64. The van der Waals surface area contributed by atoms with Crippen molar-refractivity contribution in [3.8, 4) is 0 Å². The van der Waals surface area contributed by atoms with Crippen LogP contribution in [-0.4, -0.2) is 26.1 Å². The maximum absolute atomic E-state index is 12.0. The van der Waals surface area contributed by atoms with Crippen molar-refractivity contribution in [2.24, 2.45) is 0 Å². The summed E-state index contributed by atoms with van der Waals surface area (Å²) in [6, 6.07) is 13.1. The highest BCUT2D eigenvalue weighted by atomic mass is 16.3. The van der Waals surface area contributed by atoms with Gasteiger partial charge in [0.1, 0.15) is 12.1 Å². The zero-order chi connectivity index (χ0) is 15.4. The predicted molar refractivity (Wildman–Crippen MR) is 79.3 cm³/mol. The summed E-state index contributed by atoms with van der Waals surface area (Å²) in [5.41, 5.74) is 1.09. The molecule has 1 aromatic carbocycles. The van der Waals surface area contributed by atoms with Crippen LogP contribution in [0.2, 0.25) is 0 Å². The topological polar surface area (TPSA) is 92.0 Å². The highest BCUT2D eigenvalue weighted by molar-refractivity contribution is 6.05. The van der Waals surface area contributed by atoms with Gasteiger partial charge in [0.05, 0.1) is 0 Å². The van der Waals surface area contributed by atoms with Crippen molar-refractivity contribution in [2.75, 3.05) is 0 Å². The number of aliphatic hydroxyl groups is 1. The van der Waals surface area contributed by atoms with Crippen molar-refractivity contribution in [1.82, 2.24) is 15.2 Å². The Bertz CT molecular complexity index is 789. The van der Waals surface area contributed by atoms with Gasteiger partial charge in [-0.15, -0.1) is 0 Å². The Kier molecular flexibility index (Phi) is 3.82. The first-order valence-corrected chi connectivity index (χ1v) is 6.66. The Morgan fingerprint density at radius 3 is 2.77 bits per heavy atom. The maximum Gasteiger partial charge on any atom is 0.224 e. The van der Waals surface area contributed by atoms with Gasteiger partial charge < -0.3 is 9.52 Å².